The number of hydrogen-bond acceptors (Lipinski definition) is 3. The van der Waals surface area contributed by atoms with Gasteiger partial charge in [-0.05, 0) is 17.0 Å². The summed E-state index contributed by atoms with van der Waals surface area (Å²) in [6.07, 6.45) is 3.46. The molecule has 0 aliphatic heterocycles. The van der Waals surface area contributed by atoms with E-state index in [0.717, 1.165) is 5.65 Å². The lowest BCUT2D eigenvalue weighted by Crippen LogP contribution is -2.12. The van der Waals surface area contributed by atoms with Crippen LogP contribution in [0.2, 0.25) is 0 Å². The van der Waals surface area contributed by atoms with E-state index in [9.17, 15) is 0 Å². The molecule has 0 aliphatic rings. The summed E-state index contributed by atoms with van der Waals surface area (Å²) in [6, 6.07) is 2.01. The average molecular weight is 176 g/mol. The van der Waals surface area contributed by atoms with Gasteiger partial charge in [0.2, 0.25) is 0 Å². The van der Waals surface area contributed by atoms with Crippen molar-refractivity contribution >= 4 is 5.65 Å². The lowest BCUT2D eigenvalue weighted by atomic mass is 9.89. The Bertz CT molecular complexity index is 424. The Morgan fingerprint density at radius 3 is 2.77 bits per heavy atom. The van der Waals surface area contributed by atoms with Crippen LogP contribution in [0.1, 0.15) is 26.3 Å². The van der Waals surface area contributed by atoms with Crippen molar-refractivity contribution in [1.29, 1.82) is 0 Å². The van der Waals surface area contributed by atoms with E-state index in [1.807, 2.05) is 12.3 Å². The van der Waals surface area contributed by atoms with Crippen molar-refractivity contribution in [3.05, 3.63) is 24.2 Å². The van der Waals surface area contributed by atoms with Gasteiger partial charge in [0.15, 0.2) is 5.65 Å². The van der Waals surface area contributed by atoms with Crippen molar-refractivity contribution in [3.8, 4) is 0 Å². The second kappa shape index (κ2) is 2.52. The molecule has 68 valence electrons. The summed E-state index contributed by atoms with van der Waals surface area (Å²) in [5, 5.41) is 11.9. The predicted molar refractivity (Wildman–Crippen MR) is 49.5 cm³/mol. The number of fused-ring (bicyclic) bond motifs is 1. The van der Waals surface area contributed by atoms with Crippen LogP contribution in [0.3, 0.4) is 0 Å². The smallest absolute Gasteiger partial charge is 0.177 e. The molecule has 0 aromatic carbocycles. The molecule has 2 aromatic rings. The molecule has 0 atom stereocenters. The monoisotopic (exact) mass is 176 g/mol. The minimum atomic E-state index is 0.112. The maximum atomic E-state index is 4.20. The number of hydrogen-bond donors (Lipinski definition) is 0. The van der Waals surface area contributed by atoms with Crippen LogP contribution < -0.4 is 0 Å². The van der Waals surface area contributed by atoms with Gasteiger partial charge in [0, 0.05) is 0 Å². The van der Waals surface area contributed by atoms with Crippen molar-refractivity contribution in [1.82, 2.24) is 19.8 Å². The van der Waals surface area contributed by atoms with E-state index in [1.54, 1.807) is 10.8 Å². The van der Waals surface area contributed by atoms with Crippen molar-refractivity contribution in [2.45, 2.75) is 26.2 Å². The molecule has 0 N–H and O–H groups in total. The summed E-state index contributed by atoms with van der Waals surface area (Å²) < 4.78 is 1.66. The van der Waals surface area contributed by atoms with Crippen LogP contribution in [-0.4, -0.2) is 19.8 Å². The fourth-order valence-electron chi connectivity index (χ4n) is 1.13. The largest absolute Gasteiger partial charge is 0.201 e. The molecule has 4 heteroatoms. The molecule has 2 aromatic heterocycles. The maximum absolute atomic E-state index is 4.20. The zero-order valence-electron chi connectivity index (χ0n) is 8.02. The van der Waals surface area contributed by atoms with E-state index in [0.29, 0.717) is 0 Å². The van der Waals surface area contributed by atoms with Crippen LogP contribution in [0.15, 0.2) is 18.6 Å². The van der Waals surface area contributed by atoms with E-state index in [1.165, 1.54) is 5.56 Å². The second-order valence-corrected chi connectivity index (χ2v) is 4.13. The Hall–Kier alpha value is -1.45. The summed E-state index contributed by atoms with van der Waals surface area (Å²) in [5.74, 6) is 0. The second-order valence-electron chi connectivity index (χ2n) is 4.13. The zero-order chi connectivity index (χ0) is 9.47. The molecular weight excluding hydrogens is 164 g/mol. The van der Waals surface area contributed by atoms with Crippen LogP contribution in [0.5, 0.6) is 0 Å². The van der Waals surface area contributed by atoms with Crippen molar-refractivity contribution in [2.24, 2.45) is 0 Å². The van der Waals surface area contributed by atoms with Crippen LogP contribution >= 0.6 is 0 Å². The van der Waals surface area contributed by atoms with Gasteiger partial charge in [-0.3, -0.25) is 0 Å². The first-order valence-electron chi connectivity index (χ1n) is 4.24. The van der Waals surface area contributed by atoms with Gasteiger partial charge < -0.3 is 0 Å². The molecule has 0 radical (unpaired) electrons. The number of nitrogens with zero attached hydrogens (tertiary/aromatic N) is 4. The lowest BCUT2D eigenvalue weighted by Gasteiger charge is -2.17. The molecule has 0 amide bonds. The van der Waals surface area contributed by atoms with Crippen LogP contribution in [0.4, 0.5) is 0 Å². The molecule has 0 aliphatic carbocycles. The first-order valence-corrected chi connectivity index (χ1v) is 4.24. The third-order valence-corrected chi connectivity index (χ3v) is 2.03. The number of aromatic nitrogens is 4. The van der Waals surface area contributed by atoms with E-state index < -0.39 is 0 Å². The average Bonchev–Trinajstić information content (AvgIpc) is 2.47. The molecule has 4 nitrogen and oxygen atoms in total. The van der Waals surface area contributed by atoms with Gasteiger partial charge in [-0.2, -0.15) is 5.10 Å². The highest BCUT2D eigenvalue weighted by Gasteiger charge is 2.14. The standard InChI is InChI=1S/C9H12N4/c1-9(2,3)7-4-8-12-10-6-13(8)11-5-7/h4-6H,1-3H3. The first-order chi connectivity index (χ1) is 6.07. The van der Waals surface area contributed by atoms with Gasteiger partial charge in [-0.15, -0.1) is 10.2 Å². The Labute approximate surface area is 76.6 Å². The van der Waals surface area contributed by atoms with Crippen molar-refractivity contribution in [3.63, 3.8) is 0 Å². The molecule has 0 fully saturated rings. The van der Waals surface area contributed by atoms with Crippen molar-refractivity contribution in [2.75, 3.05) is 0 Å². The summed E-state index contributed by atoms with van der Waals surface area (Å²) in [6.45, 7) is 6.45. The fourth-order valence-corrected chi connectivity index (χ4v) is 1.13. The molecule has 0 unspecified atom stereocenters. The molecule has 2 rings (SSSR count). The maximum Gasteiger partial charge on any atom is 0.177 e. The Kier molecular flexibility index (Phi) is 1.58. The highest BCUT2D eigenvalue weighted by Crippen LogP contribution is 2.21. The normalized spacial score (nSPS) is 12.2. The first kappa shape index (κ1) is 8.16. The molecule has 0 bridgehead atoms. The Balaban J connectivity index is 2.61. The fraction of sp³-hybridized carbons (Fsp3) is 0.444. The van der Waals surface area contributed by atoms with Gasteiger partial charge in [-0.25, -0.2) is 4.52 Å². The quantitative estimate of drug-likeness (QED) is 0.609. The Morgan fingerprint density at radius 2 is 2.08 bits per heavy atom. The highest BCUT2D eigenvalue weighted by molar-refractivity contribution is 5.39. The molecular formula is C9H12N4. The zero-order valence-corrected chi connectivity index (χ0v) is 8.02. The summed E-state index contributed by atoms with van der Waals surface area (Å²) in [5.41, 5.74) is 2.08. The van der Waals surface area contributed by atoms with Crippen LogP contribution in [-0.2, 0) is 5.41 Å². The van der Waals surface area contributed by atoms with Gasteiger partial charge >= 0.3 is 0 Å². The van der Waals surface area contributed by atoms with E-state index in [-0.39, 0.29) is 5.41 Å². The molecule has 0 spiro atoms. The van der Waals surface area contributed by atoms with Gasteiger partial charge in [0.1, 0.15) is 6.33 Å². The van der Waals surface area contributed by atoms with Crippen LogP contribution in [0, 0.1) is 0 Å². The van der Waals surface area contributed by atoms with Crippen molar-refractivity contribution < 1.29 is 0 Å². The van der Waals surface area contributed by atoms with Crippen LogP contribution in [0.25, 0.3) is 5.65 Å². The molecule has 2 heterocycles. The SMILES string of the molecule is CC(C)(C)c1cnn2cnnc2c1. The summed E-state index contributed by atoms with van der Waals surface area (Å²) in [4.78, 5) is 0. The minimum absolute atomic E-state index is 0.112. The molecule has 0 saturated carbocycles. The van der Waals surface area contributed by atoms with E-state index in [4.69, 9.17) is 0 Å². The topological polar surface area (TPSA) is 43.1 Å². The van der Waals surface area contributed by atoms with Gasteiger partial charge in [0.25, 0.3) is 0 Å². The van der Waals surface area contributed by atoms with Gasteiger partial charge in [-0.1, -0.05) is 20.8 Å². The highest BCUT2D eigenvalue weighted by atomic mass is 15.3. The van der Waals surface area contributed by atoms with E-state index >= 15 is 0 Å². The van der Waals surface area contributed by atoms with Gasteiger partial charge in [0.05, 0.1) is 6.20 Å². The summed E-state index contributed by atoms with van der Waals surface area (Å²) >= 11 is 0. The van der Waals surface area contributed by atoms with E-state index in [2.05, 4.69) is 36.1 Å². The lowest BCUT2D eigenvalue weighted by molar-refractivity contribution is 0.584. The summed E-state index contributed by atoms with van der Waals surface area (Å²) in [7, 11) is 0. The predicted octanol–water partition coefficient (Wildman–Crippen LogP) is 1.42. The number of rotatable bonds is 0. The third kappa shape index (κ3) is 1.39. The molecule has 0 saturated heterocycles. The molecule has 13 heavy (non-hydrogen) atoms. The minimum Gasteiger partial charge on any atom is -0.201 e. The third-order valence-electron chi connectivity index (χ3n) is 2.03. The Morgan fingerprint density at radius 1 is 1.31 bits per heavy atom.